The number of esters is 1. The third kappa shape index (κ3) is 67.0. The minimum atomic E-state index is -0.846. The molecule has 0 aliphatic heterocycles. The maximum absolute atomic E-state index is 12.5. The maximum Gasteiger partial charge on any atom is 0.305 e. The van der Waals surface area contributed by atoms with Crippen molar-refractivity contribution in [1.82, 2.24) is 5.32 Å². The Labute approximate surface area is 512 Å². The fourth-order valence-corrected chi connectivity index (χ4v) is 11.4. The molecule has 6 heteroatoms. The van der Waals surface area contributed by atoms with Gasteiger partial charge in [0.2, 0.25) is 5.91 Å². The Kier molecular flexibility index (Phi) is 69.4. The molecule has 2 atom stereocenters. The lowest BCUT2D eigenvalue weighted by atomic mass is 10.0. The van der Waals surface area contributed by atoms with Gasteiger partial charge >= 0.3 is 5.97 Å². The van der Waals surface area contributed by atoms with E-state index in [0.717, 1.165) is 51.4 Å². The predicted molar refractivity (Wildman–Crippen MR) is 361 cm³/mol. The minimum absolute atomic E-state index is 0.00237. The van der Waals surface area contributed by atoms with E-state index >= 15 is 0 Å². The first-order valence-corrected chi connectivity index (χ1v) is 36.9. The zero-order valence-electron chi connectivity index (χ0n) is 55.2. The van der Waals surface area contributed by atoms with Crippen molar-refractivity contribution in [1.29, 1.82) is 0 Å². The van der Waals surface area contributed by atoms with Crippen molar-refractivity contribution < 1.29 is 24.5 Å². The Morgan fingerprint density at radius 2 is 0.610 bits per heavy atom. The summed E-state index contributed by atoms with van der Waals surface area (Å²) >= 11 is 0. The number of hydrogen-bond acceptors (Lipinski definition) is 5. The van der Waals surface area contributed by atoms with E-state index in [1.807, 2.05) is 6.08 Å². The van der Waals surface area contributed by atoms with Crippen LogP contribution in [0.3, 0.4) is 0 Å². The van der Waals surface area contributed by atoms with Gasteiger partial charge in [-0.2, -0.15) is 0 Å². The molecule has 0 aromatic heterocycles. The van der Waals surface area contributed by atoms with E-state index < -0.39 is 12.1 Å². The van der Waals surface area contributed by atoms with Crippen molar-refractivity contribution in [2.75, 3.05) is 13.2 Å². The topological polar surface area (TPSA) is 95.9 Å². The molecule has 0 fully saturated rings. The molecule has 0 aromatic carbocycles. The fourth-order valence-electron chi connectivity index (χ4n) is 11.4. The van der Waals surface area contributed by atoms with Crippen molar-refractivity contribution in [3.8, 4) is 0 Å². The first kappa shape index (κ1) is 79.8. The summed E-state index contributed by atoms with van der Waals surface area (Å²) in [6.45, 7) is 4.91. The summed E-state index contributed by atoms with van der Waals surface area (Å²) in [6, 6.07) is -0.629. The Morgan fingerprint density at radius 1 is 0.341 bits per heavy atom. The molecule has 0 heterocycles. The van der Waals surface area contributed by atoms with Gasteiger partial charge in [0.1, 0.15) is 0 Å². The number of carbonyl (C=O) groups excluding carboxylic acids is 2. The van der Waals surface area contributed by atoms with Crippen LogP contribution in [0.5, 0.6) is 0 Å². The highest BCUT2D eigenvalue weighted by Crippen LogP contribution is 2.18. The Hall–Kier alpha value is -2.18. The number of ether oxygens (including phenoxy) is 1. The number of aliphatic hydroxyl groups is 2. The molecule has 1 amide bonds. The standard InChI is InChI=1S/C76H143NO5/c1-3-5-7-9-11-13-15-17-19-20-21-31-34-37-41-44-48-52-56-60-64-68-74(79)73(72-78)77-75(80)69-65-61-57-53-49-45-42-38-35-32-29-27-25-23-22-24-26-28-30-33-36-39-43-47-51-55-59-63-67-71-82-76(81)70-66-62-58-54-50-46-40-18-16-14-12-10-8-6-4-2/h12,14,18,22,24,40,64,68,73-74,78-79H,3-11,13,15-17,19-21,23,25-39,41-63,65-67,69-72H2,1-2H3,(H,77,80)/b14-12-,24-22-,40-18-,68-64+. The van der Waals surface area contributed by atoms with Gasteiger partial charge in [-0.05, 0) is 89.9 Å². The van der Waals surface area contributed by atoms with Crippen molar-refractivity contribution in [2.45, 2.75) is 411 Å². The van der Waals surface area contributed by atoms with Gasteiger partial charge in [-0.1, -0.05) is 345 Å². The lowest BCUT2D eigenvalue weighted by Crippen LogP contribution is -2.45. The minimum Gasteiger partial charge on any atom is -0.466 e. The summed E-state index contributed by atoms with van der Waals surface area (Å²) in [6.07, 6.45) is 93.4. The number of aliphatic hydroxyl groups excluding tert-OH is 2. The zero-order chi connectivity index (χ0) is 59.2. The molecular formula is C76H143NO5. The number of rotatable bonds is 69. The maximum atomic E-state index is 12.5. The number of allylic oxidation sites excluding steroid dienone is 7. The van der Waals surface area contributed by atoms with Crippen LogP contribution in [0.25, 0.3) is 0 Å². The second-order valence-electron chi connectivity index (χ2n) is 25.3. The van der Waals surface area contributed by atoms with Crippen LogP contribution >= 0.6 is 0 Å². The molecule has 0 spiro atoms. The molecular weight excluding hydrogens is 1010 g/mol. The molecule has 3 N–H and O–H groups in total. The average Bonchev–Trinajstić information content (AvgIpc) is 3.48. The van der Waals surface area contributed by atoms with Gasteiger partial charge in [-0.25, -0.2) is 0 Å². The van der Waals surface area contributed by atoms with Crippen LogP contribution in [-0.2, 0) is 14.3 Å². The summed E-state index contributed by atoms with van der Waals surface area (Å²) < 4.78 is 5.49. The molecule has 0 aliphatic rings. The van der Waals surface area contributed by atoms with E-state index in [1.54, 1.807) is 6.08 Å². The van der Waals surface area contributed by atoms with Crippen LogP contribution < -0.4 is 5.32 Å². The zero-order valence-corrected chi connectivity index (χ0v) is 55.2. The molecule has 482 valence electrons. The van der Waals surface area contributed by atoms with E-state index in [9.17, 15) is 19.8 Å². The van der Waals surface area contributed by atoms with E-state index in [0.29, 0.717) is 19.4 Å². The number of nitrogens with one attached hydrogen (secondary N) is 1. The number of carbonyl (C=O) groups is 2. The van der Waals surface area contributed by atoms with Gasteiger partial charge in [0, 0.05) is 12.8 Å². The average molecular weight is 1150 g/mol. The smallest absolute Gasteiger partial charge is 0.305 e. The summed E-state index contributed by atoms with van der Waals surface area (Å²) in [7, 11) is 0. The summed E-state index contributed by atoms with van der Waals surface area (Å²) in [5.74, 6) is -0.0613. The molecule has 0 aliphatic carbocycles. The van der Waals surface area contributed by atoms with E-state index in [1.165, 1.54) is 321 Å². The molecule has 0 radical (unpaired) electrons. The predicted octanol–water partition coefficient (Wildman–Crippen LogP) is 24.0. The highest BCUT2D eigenvalue weighted by atomic mass is 16.5. The molecule has 82 heavy (non-hydrogen) atoms. The normalized spacial score (nSPS) is 12.8. The number of unbranched alkanes of at least 4 members (excludes halogenated alkanes) is 52. The molecule has 0 aromatic rings. The van der Waals surface area contributed by atoms with Crippen LogP contribution in [0.1, 0.15) is 399 Å². The number of hydrogen-bond donors (Lipinski definition) is 3. The van der Waals surface area contributed by atoms with Crippen molar-refractivity contribution in [2.24, 2.45) is 0 Å². The summed E-state index contributed by atoms with van der Waals surface area (Å²) in [5.41, 5.74) is 0. The van der Waals surface area contributed by atoms with Gasteiger partial charge in [-0.15, -0.1) is 0 Å². The molecule has 0 bridgehead atoms. The van der Waals surface area contributed by atoms with Crippen molar-refractivity contribution in [3.63, 3.8) is 0 Å². The van der Waals surface area contributed by atoms with Crippen molar-refractivity contribution in [3.05, 3.63) is 48.6 Å². The molecule has 6 nitrogen and oxygen atoms in total. The second-order valence-corrected chi connectivity index (χ2v) is 25.3. The van der Waals surface area contributed by atoms with Crippen LogP contribution in [0.4, 0.5) is 0 Å². The molecule has 0 saturated carbocycles. The Bertz CT molecular complexity index is 1370. The monoisotopic (exact) mass is 1150 g/mol. The SMILES string of the molecule is CCCCC/C=C\C/C=C\CCCCCCCC(=O)OCCCCCCCCCCCCCC/C=C\CCCCCCCCCCCCCCCC(=O)NC(CO)C(O)/C=C/CCCCCCCCCCCCCCCCCCCCC. The van der Waals surface area contributed by atoms with E-state index in [4.69, 9.17) is 4.74 Å². The first-order valence-electron chi connectivity index (χ1n) is 36.9. The quantitative estimate of drug-likeness (QED) is 0.0320. The third-order valence-electron chi connectivity index (χ3n) is 17.1. The first-order chi connectivity index (χ1) is 40.5. The van der Waals surface area contributed by atoms with Gasteiger partial charge in [0.05, 0.1) is 25.4 Å². The van der Waals surface area contributed by atoms with Crippen LogP contribution in [0, 0.1) is 0 Å². The second kappa shape index (κ2) is 71.3. The van der Waals surface area contributed by atoms with Gasteiger partial charge in [0.25, 0.3) is 0 Å². The third-order valence-corrected chi connectivity index (χ3v) is 17.1. The summed E-state index contributed by atoms with van der Waals surface area (Å²) in [4.78, 5) is 24.6. The van der Waals surface area contributed by atoms with Crippen molar-refractivity contribution >= 4 is 11.9 Å². The molecule has 0 rings (SSSR count). The largest absolute Gasteiger partial charge is 0.466 e. The van der Waals surface area contributed by atoms with Crippen LogP contribution in [0.15, 0.2) is 48.6 Å². The lowest BCUT2D eigenvalue weighted by Gasteiger charge is -2.20. The lowest BCUT2D eigenvalue weighted by molar-refractivity contribution is -0.143. The molecule has 0 saturated heterocycles. The highest BCUT2D eigenvalue weighted by Gasteiger charge is 2.18. The van der Waals surface area contributed by atoms with Crippen LogP contribution in [-0.4, -0.2) is 47.4 Å². The Morgan fingerprint density at radius 3 is 0.963 bits per heavy atom. The van der Waals surface area contributed by atoms with Gasteiger partial charge in [0.15, 0.2) is 0 Å². The van der Waals surface area contributed by atoms with E-state index in [2.05, 4.69) is 55.6 Å². The summed E-state index contributed by atoms with van der Waals surface area (Å²) in [5, 5.41) is 23.3. The van der Waals surface area contributed by atoms with Crippen LogP contribution in [0.2, 0.25) is 0 Å². The highest BCUT2D eigenvalue weighted by molar-refractivity contribution is 5.76. The van der Waals surface area contributed by atoms with Gasteiger partial charge < -0.3 is 20.3 Å². The Balaban J connectivity index is 3.40. The number of amides is 1. The van der Waals surface area contributed by atoms with E-state index in [-0.39, 0.29) is 18.5 Å². The van der Waals surface area contributed by atoms with Gasteiger partial charge in [-0.3, -0.25) is 9.59 Å². The molecule has 2 unspecified atom stereocenters. The fraction of sp³-hybridized carbons (Fsp3) is 0.868.